The molecule has 1 unspecified atom stereocenters. The second-order valence-electron chi connectivity index (χ2n) is 5.12. The predicted octanol–water partition coefficient (Wildman–Crippen LogP) is 0.823. The molecular weight excluding hydrogens is 316 g/mol. The Hall–Kier alpha value is -0.860. The Morgan fingerprint density at radius 3 is 2.76 bits per heavy atom. The smallest absolute Gasteiger partial charge is 0.244 e. The number of likely N-dealkylation sites (N-methyl/N-ethyl adjacent to an activating group) is 1. The molecule has 0 aromatic heterocycles. The molecule has 0 spiro atoms. The molecular formula is C13H19ClN2O4S. The van der Waals surface area contributed by atoms with Crippen molar-refractivity contribution in [1.29, 1.82) is 0 Å². The van der Waals surface area contributed by atoms with E-state index in [1.807, 2.05) is 7.05 Å². The van der Waals surface area contributed by atoms with E-state index in [1.165, 1.54) is 19.2 Å². The molecule has 1 heterocycles. The molecule has 8 heteroatoms. The maximum Gasteiger partial charge on any atom is 0.244 e. The van der Waals surface area contributed by atoms with Gasteiger partial charge in [-0.2, -0.15) is 0 Å². The van der Waals surface area contributed by atoms with Crippen molar-refractivity contribution in [3.8, 4) is 5.75 Å². The highest BCUT2D eigenvalue weighted by atomic mass is 35.5. The van der Waals surface area contributed by atoms with Crippen molar-refractivity contribution in [2.45, 2.75) is 24.0 Å². The third-order valence-electron chi connectivity index (χ3n) is 3.47. The van der Waals surface area contributed by atoms with Gasteiger partial charge in [-0.15, -0.1) is 0 Å². The molecule has 1 saturated heterocycles. The first-order valence-corrected chi connectivity index (χ1v) is 8.41. The van der Waals surface area contributed by atoms with Crippen LogP contribution in [0.3, 0.4) is 0 Å². The number of aliphatic hydroxyl groups excluding tert-OH is 1. The summed E-state index contributed by atoms with van der Waals surface area (Å²) >= 11 is 5.94. The molecule has 0 radical (unpaired) electrons. The topological polar surface area (TPSA) is 78.9 Å². The summed E-state index contributed by atoms with van der Waals surface area (Å²) in [5.41, 5.74) is 0.342. The lowest BCUT2D eigenvalue weighted by atomic mass is 10.2. The van der Waals surface area contributed by atoms with E-state index in [-0.39, 0.29) is 28.3 Å². The van der Waals surface area contributed by atoms with E-state index in [9.17, 15) is 13.5 Å². The minimum atomic E-state index is -3.76. The van der Waals surface area contributed by atoms with E-state index in [2.05, 4.69) is 9.62 Å². The van der Waals surface area contributed by atoms with Gasteiger partial charge >= 0.3 is 0 Å². The number of likely N-dealkylation sites (tertiary alicyclic amines) is 1. The molecule has 0 bridgehead atoms. The molecule has 1 atom stereocenters. The normalized spacial score (nSPS) is 19.9. The lowest BCUT2D eigenvalue weighted by molar-refractivity contribution is 0.272. The van der Waals surface area contributed by atoms with Gasteiger partial charge in [0, 0.05) is 23.2 Å². The predicted molar refractivity (Wildman–Crippen MR) is 80.2 cm³/mol. The number of hydrogen-bond acceptors (Lipinski definition) is 5. The van der Waals surface area contributed by atoms with Crippen LogP contribution in [0.4, 0.5) is 0 Å². The lowest BCUT2D eigenvalue weighted by Gasteiger charge is -2.17. The van der Waals surface area contributed by atoms with Crippen LogP contribution in [-0.4, -0.2) is 51.7 Å². The molecule has 0 saturated carbocycles. The largest absolute Gasteiger partial charge is 0.495 e. The van der Waals surface area contributed by atoms with Gasteiger partial charge in [-0.05, 0) is 32.1 Å². The molecule has 1 aromatic rings. The zero-order valence-electron chi connectivity index (χ0n) is 12.0. The van der Waals surface area contributed by atoms with Gasteiger partial charge in [-0.1, -0.05) is 11.6 Å². The SMILES string of the molecule is COc1c(CO)cc(Cl)cc1S(=O)(=O)NC1CCN(C)C1. The van der Waals surface area contributed by atoms with Crippen LogP contribution < -0.4 is 9.46 Å². The molecule has 6 nitrogen and oxygen atoms in total. The third-order valence-corrected chi connectivity index (χ3v) is 5.22. The molecule has 2 rings (SSSR count). The third kappa shape index (κ3) is 3.67. The second kappa shape index (κ2) is 6.50. The number of rotatable bonds is 5. The molecule has 1 aliphatic rings. The van der Waals surface area contributed by atoms with E-state index in [1.54, 1.807) is 0 Å². The van der Waals surface area contributed by atoms with Crippen molar-refractivity contribution < 1.29 is 18.3 Å². The van der Waals surface area contributed by atoms with E-state index in [0.717, 1.165) is 13.0 Å². The number of nitrogens with zero attached hydrogens (tertiary/aromatic N) is 1. The first-order chi connectivity index (χ1) is 9.87. The highest BCUT2D eigenvalue weighted by molar-refractivity contribution is 7.89. The molecule has 118 valence electrons. The Morgan fingerprint density at radius 1 is 1.52 bits per heavy atom. The number of sulfonamides is 1. The van der Waals surface area contributed by atoms with Gasteiger partial charge in [-0.25, -0.2) is 13.1 Å². The van der Waals surface area contributed by atoms with Gasteiger partial charge < -0.3 is 14.7 Å². The highest BCUT2D eigenvalue weighted by Crippen LogP contribution is 2.32. The maximum atomic E-state index is 12.5. The molecule has 2 N–H and O–H groups in total. The molecule has 1 fully saturated rings. The Morgan fingerprint density at radius 2 is 2.24 bits per heavy atom. The van der Waals surface area contributed by atoms with Crippen LogP contribution >= 0.6 is 11.6 Å². The van der Waals surface area contributed by atoms with Crippen LogP contribution in [0.15, 0.2) is 17.0 Å². The van der Waals surface area contributed by atoms with Crippen molar-refractivity contribution in [3.63, 3.8) is 0 Å². The summed E-state index contributed by atoms with van der Waals surface area (Å²) in [5.74, 6) is 0.126. The lowest BCUT2D eigenvalue weighted by Crippen LogP contribution is -2.36. The standard InChI is InChI=1S/C13H19ClN2O4S/c1-16-4-3-11(7-16)15-21(18,19)12-6-10(14)5-9(8-17)13(12)20-2/h5-6,11,15,17H,3-4,7-8H2,1-2H3. The van der Waals surface area contributed by atoms with Crippen molar-refractivity contribution in [1.82, 2.24) is 9.62 Å². The van der Waals surface area contributed by atoms with Crippen molar-refractivity contribution >= 4 is 21.6 Å². The molecule has 21 heavy (non-hydrogen) atoms. The van der Waals surface area contributed by atoms with E-state index >= 15 is 0 Å². The molecule has 1 aromatic carbocycles. The van der Waals surface area contributed by atoms with Crippen LogP contribution in [0.25, 0.3) is 0 Å². The minimum absolute atomic E-state index is 0.0453. The Bertz CT molecular complexity index is 621. The summed E-state index contributed by atoms with van der Waals surface area (Å²) in [5, 5.41) is 9.56. The van der Waals surface area contributed by atoms with Gasteiger partial charge in [0.2, 0.25) is 10.0 Å². The van der Waals surface area contributed by atoms with E-state index in [4.69, 9.17) is 16.3 Å². The number of aliphatic hydroxyl groups is 1. The van der Waals surface area contributed by atoms with Crippen molar-refractivity contribution in [3.05, 3.63) is 22.7 Å². The number of hydrogen-bond donors (Lipinski definition) is 2. The number of halogens is 1. The van der Waals surface area contributed by atoms with E-state index < -0.39 is 10.0 Å². The Balaban J connectivity index is 2.37. The fourth-order valence-corrected chi connectivity index (χ4v) is 4.29. The number of nitrogens with one attached hydrogen (secondary N) is 1. The van der Waals surface area contributed by atoms with Crippen molar-refractivity contribution in [2.24, 2.45) is 0 Å². The summed E-state index contributed by atoms with van der Waals surface area (Å²) in [6.45, 7) is 1.16. The van der Waals surface area contributed by atoms with Crippen LogP contribution in [0, 0.1) is 0 Å². The Labute approximate surface area is 129 Å². The summed E-state index contributed by atoms with van der Waals surface area (Å²) < 4.78 is 32.9. The molecule has 0 aliphatic carbocycles. The molecule has 1 aliphatic heterocycles. The first kappa shape index (κ1) is 16.5. The second-order valence-corrected chi connectivity index (χ2v) is 7.24. The van der Waals surface area contributed by atoms with Gasteiger partial charge in [0.25, 0.3) is 0 Å². The highest BCUT2D eigenvalue weighted by Gasteiger charge is 2.28. The van der Waals surface area contributed by atoms with Gasteiger partial charge in [0.15, 0.2) is 0 Å². The minimum Gasteiger partial charge on any atom is -0.495 e. The maximum absolute atomic E-state index is 12.5. The van der Waals surface area contributed by atoms with Gasteiger partial charge in [0.1, 0.15) is 10.6 Å². The van der Waals surface area contributed by atoms with Gasteiger partial charge in [-0.3, -0.25) is 0 Å². The first-order valence-electron chi connectivity index (χ1n) is 6.55. The number of ether oxygens (including phenoxy) is 1. The monoisotopic (exact) mass is 334 g/mol. The summed E-state index contributed by atoms with van der Waals surface area (Å²) in [6.07, 6.45) is 0.755. The van der Waals surface area contributed by atoms with Crippen LogP contribution in [0.5, 0.6) is 5.75 Å². The summed E-state index contributed by atoms with van der Waals surface area (Å²) in [7, 11) is -0.454. The average Bonchev–Trinajstić information content (AvgIpc) is 2.82. The molecule has 0 amide bonds. The number of benzene rings is 1. The summed E-state index contributed by atoms with van der Waals surface area (Å²) in [6, 6.07) is 2.69. The van der Waals surface area contributed by atoms with Crippen LogP contribution in [0.1, 0.15) is 12.0 Å². The average molecular weight is 335 g/mol. The van der Waals surface area contributed by atoms with Gasteiger partial charge in [0.05, 0.1) is 13.7 Å². The van der Waals surface area contributed by atoms with Crippen molar-refractivity contribution in [2.75, 3.05) is 27.2 Å². The van der Waals surface area contributed by atoms with Crippen LogP contribution in [-0.2, 0) is 16.6 Å². The fraction of sp³-hybridized carbons (Fsp3) is 0.538. The Kier molecular flexibility index (Phi) is 5.11. The zero-order chi connectivity index (χ0) is 15.6. The number of methoxy groups -OCH3 is 1. The van der Waals surface area contributed by atoms with E-state index in [0.29, 0.717) is 12.1 Å². The quantitative estimate of drug-likeness (QED) is 0.833. The fourth-order valence-electron chi connectivity index (χ4n) is 2.49. The van der Waals surface area contributed by atoms with Crippen LogP contribution in [0.2, 0.25) is 5.02 Å². The zero-order valence-corrected chi connectivity index (χ0v) is 13.5. The summed E-state index contributed by atoms with van der Waals surface area (Å²) in [4.78, 5) is 2.01.